The molecule has 0 aliphatic heterocycles. The second-order valence-corrected chi connectivity index (χ2v) is 7.31. The van der Waals surface area contributed by atoms with Gasteiger partial charge >= 0.3 is 0 Å². The fourth-order valence-corrected chi connectivity index (χ4v) is 3.91. The molecule has 0 atom stereocenters. The van der Waals surface area contributed by atoms with Crippen molar-refractivity contribution in [1.82, 2.24) is 0 Å². The lowest BCUT2D eigenvalue weighted by molar-refractivity contribution is 0.0998. The summed E-state index contributed by atoms with van der Waals surface area (Å²) in [5.74, 6) is 0.891. The Labute approximate surface area is 163 Å². The summed E-state index contributed by atoms with van der Waals surface area (Å²) >= 11 is 0. The van der Waals surface area contributed by atoms with Crippen LogP contribution in [0.25, 0.3) is 21.7 Å². The third-order valence-corrected chi connectivity index (χ3v) is 5.37. The molecule has 0 saturated heterocycles. The number of ether oxygens (including phenoxy) is 1. The average molecular weight is 371 g/mol. The quantitative estimate of drug-likeness (QED) is 0.467. The highest BCUT2D eigenvalue weighted by Gasteiger charge is 2.17. The molecule has 1 aromatic heterocycles. The van der Waals surface area contributed by atoms with Crippen molar-refractivity contribution in [1.29, 1.82) is 0 Å². The highest BCUT2D eigenvalue weighted by atomic mass is 16.5. The smallest absolute Gasteiger partial charge is 0.291 e. The number of carbonyl (C=O) groups excluding carboxylic acids is 1. The van der Waals surface area contributed by atoms with Crippen LogP contribution in [0, 0.1) is 0 Å². The Morgan fingerprint density at radius 1 is 0.929 bits per heavy atom. The summed E-state index contributed by atoms with van der Waals surface area (Å²) in [6.07, 6.45) is 5.06. The Balaban J connectivity index is 1.34. The van der Waals surface area contributed by atoms with E-state index < -0.39 is 0 Å². The van der Waals surface area contributed by atoms with Crippen molar-refractivity contribution in [3.8, 4) is 5.75 Å². The zero-order valence-corrected chi connectivity index (χ0v) is 15.5. The summed E-state index contributed by atoms with van der Waals surface area (Å²) in [5.41, 5.74) is 1.43. The van der Waals surface area contributed by atoms with Crippen LogP contribution in [-0.2, 0) is 0 Å². The zero-order chi connectivity index (χ0) is 18.9. The number of hydrogen-bond acceptors (Lipinski definition) is 3. The van der Waals surface area contributed by atoms with E-state index in [4.69, 9.17) is 9.15 Å². The second-order valence-electron chi connectivity index (χ2n) is 7.31. The molecule has 28 heavy (non-hydrogen) atoms. The molecule has 1 aliphatic carbocycles. The number of fused-ring (bicyclic) bond motifs is 3. The lowest BCUT2D eigenvalue weighted by atomic mass is 10.1. The molecule has 0 radical (unpaired) electrons. The van der Waals surface area contributed by atoms with Gasteiger partial charge in [0.25, 0.3) is 5.91 Å². The minimum absolute atomic E-state index is 0.259. The van der Waals surface area contributed by atoms with Gasteiger partial charge in [0.1, 0.15) is 11.3 Å². The van der Waals surface area contributed by atoms with Gasteiger partial charge in [0.15, 0.2) is 5.76 Å². The third-order valence-electron chi connectivity index (χ3n) is 5.37. The summed E-state index contributed by atoms with van der Waals surface area (Å²) in [5, 5.41) is 6.05. The minimum Gasteiger partial charge on any atom is -0.490 e. The molecular formula is C24H21NO3. The third kappa shape index (κ3) is 3.22. The standard InChI is InChI=1S/C24H21NO3/c26-24(25-17-10-12-19(13-11-17)27-18-6-2-3-7-18)23-15-21-20-8-4-1-5-16(20)9-14-22(21)28-23/h1,4-5,8-15,18H,2-3,6-7H2,(H,25,26). The first-order chi connectivity index (χ1) is 13.8. The van der Waals surface area contributed by atoms with E-state index in [1.54, 1.807) is 0 Å². The van der Waals surface area contributed by atoms with Crippen LogP contribution in [0.1, 0.15) is 36.2 Å². The van der Waals surface area contributed by atoms with Crippen molar-refractivity contribution >= 4 is 33.3 Å². The molecule has 4 aromatic rings. The van der Waals surface area contributed by atoms with Crippen molar-refractivity contribution in [2.75, 3.05) is 5.32 Å². The molecule has 3 aromatic carbocycles. The summed E-state index contributed by atoms with van der Waals surface area (Å²) in [6, 6.07) is 21.3. The highest BCUT2D eigenvalue weighted by Crippen LogP contribution is 2.29. The van der Waals surface area contributed by atoms with Gasteiger partial charge in [0.05, 0.1) is 6.10 Å². The summed E-state index contributed by atoms with van der Waals surface area (Å²) in [6.45, 7) is 0. The molecule has 1 aliphatic rings. The van der Waals surface area contributed by atoms with Crippen LogP contribution in [0.4, 0.5) is 5.69 Å². The van der Waals surface area contributed by atoms with Crippen LogP contribution in [0.2, 0.25) is 0 Å². The molecule has 0 spiro atoms. The van der Waals surface area contributed by atoms with Crippen LogP contribution < -0.4 is 10.1 Å². The van der Waals surface area contributed by atoms with Crippen LogP contribution >= 0.6 is 0 Å². The predicted molar refractivity (Wildman–Crippen MR) is 111 cm³/mol. The molecule has 0 bridgehead atoms. The lowest BCUT2D eigenvalue weighted by Gasteiger charge is -2.13. The van der Waals surface area contributed by atoms with Gasteiger partial charge in [-0.05, 0) is 72.9 Å². The maximum atomic E-state index is 12.6. The summed E-state index contributed by atoms with van der Waals surface area (Å²) < 4.78 is 11.8. The van der Waals surface area contributed by atoms with Gasteiger partial charge in [-0.2, -0.15) is 0 Å². The molecule has 4 heteroatoms. The van der Waals surface area contributed by atoms with Gasteiger partial charge < -0.3 is 14.5 Å². The lowest BCUT2D eigenvalue weighted by Crippen LogP contribution is -2.12. The number of benzene rings is 3. The van der Waals surface area contributed by atoms with Crippen LogP contribution in [0.3, 0.4) is 0 Å². The second kappa shape index (κ2) is 7.04. The van der Waals surface area contributed by atoms with E-state index >= 15 is 0 Å². The van der Waals surface area contributed by atoms with Gasteiger partial charge in [0, 0.05) is 11.1 Å². The van der Waals surface area contributed by atoms with Crippen LogP contribution in [0.15, 0.2) is 71.1 Å². The van der Waals surface area contributed by atoms with E-state index in [9.17, 15) is 4.79 Å². The van der Waals surface area contributed by atoms with Gasteiger partial charge in [-0.15, -0.1) is 0 Å². The van der Waals surface area contributed by atoms with E-state index in [0.29, 0.717) is 23.1 Å². The Morgan fingerprint density at radius 2 is 1.71 bits per heavy atom. The average Bonchev–Trinajstić information content (AvgIpc) is 3.39. The Bertz CT molecular complexity index is 1140. The number of hydrogen-bond donors (Lipinski definition) is 1. The normalized spacial score (nSPS) is 14.6. The van der Waals surface area contributed by atoms with E-state index in [1.165, 1.54) is 12.8 Å². The molecule has 1 fully saturated rings. The first kappa shape index (κ1) is 16.9. The molecule has 1 N–H and O–H groups in total. The van der Waals surface area contributed by atoms with Gasteiger partial charge in [-0.1, -0.05) is 30.3 Å². The molecular weight excluding hydrogens is 350 g/mol. The topological polar surface area (TPSA) is 51.5 Å². The number of carbonyl (C=O) groups is 1. The minimum atomic E-state index is -0.259. The van der Waals surface area contributed by atoms with Crippen molar-refractivity contribution in [2.24, 2.45) is 0 Å². The fourth-order valence-electron chi connectivity index (χ4n) is 3.91. The zero-order valence-electron chi connectivity index (χ0n) is 15.5. The number of amides is 1. The van der Waals surface area contributed by atoms with E-state index in [0.717, 1.165) is 34.7 Å². The Kier molecular flexibility index (Phi) is 4.24. The highest BCUT2D eigenvalue weighted by molar-refractivity contribution is 6.10. The largest absolute Gasteiger partial charge is 0.490 e. The molecule has 0 unspecified atom stereocenters. The first-order valence-corrected chi connectivity index (χ1v) is 9.76. The van der Waals surface area contributed by atoms with Gasteiger partial charge in [-0.3, -0.25) is 4.79 Å². The van der Waals surface area contributed by atoms with E-state index in [1.807, 2.05) is 60.7 Å². The van der Waals surface area contributed by atoms with Gasteiger partial charge in [0.2, 0.25) is 0 Å². The van der Waals surface area contributed by atoms with Crippen LogP contribution in [0.5, 0.6) is 5.75 Å². The molecule has 5 rings (SSSR count). The summed E-state index contributed by atoms with van der Waals surface area (Å²) in [4.78, 5) is 12.6. The van der Waals surface area contributed by atoms with Gasteiger partial charge in [-0.25, -0.2) is 0 Å². The molecule has 140 valence electrons. The first-order valence-electron chi connectivity index (χ1n) is 9.76. The monoisotopic (exact) mass is 371 g/mol. The molecule has 1 heterocycles. The SMILES string of the molecule is O=C(Nc1ccc(OC2CCCC2)cc1)c1cc2c(ccc3ccccc32)o1. The Morgan fingerprint density at radius 3 is 2.54 bits per heavy atom. The Hall–Kier alpha value is -3.27. The van der Waals surface area contributed by atoms with E-state index in [2.05, 4.69) is 11.4 Å². The fraction of sp³-hybridized carbons (Fsp3) is 0.208. The number of anilines is 1. The van der Waals surface area contributed by atoms with Crippen LogP contribution in [-0.4, -0.2) is 12.0 Å². The molecule has 1 saturated carbocycles. The maximum absolute atomic E-state index is 12.6. The number of nitrogens with one attached hydrogen (secondary N) is 1. The number of furan rings is 1. The van der Waals surface area contributed by atoms with Crippen molar-refractivity contribution in [2.45, 2.75) is 31.8 Å². The molecule has 4 nitrogen and oxygen atoms in total. The number of rotatable bonds is 4. The van der Waals surface area contributed by atoms with Crippen molar-refractivity contribution < 1.29 is 13.9 Å². The van der Waals surface area contributed by atoms with E-state index in [-0.39, 0.29) is 5.91 Å². The summed E-state index contributed by atoms with van der Waals surface area (Å²) in [7, 11) is 0. The predicted octanol–water partition coefficient (Wildman–Crippen LogP) is 6.16. The van der Waals surface area contributed by atoms with Crippen molar-refractivity contribution in [3.05, 3.63) is 72.5 Å². The maximum Gasteiger partial charge on any atom is 0.291 e. The molecule has 1 amide bonds. The van der Waals surface area contributed by atoms with Crippen molar-refractivity contribution in [3.63, 3.8) is 0 Å².